The molecule has 3 aliphatic heterocycles. The second-order valence-electron chi connectivity index (χ2n) is 18.2. The number of halogens is 2. The van der Waals surface area contributed by atoms with Crippen molar-refractivity contribution < 1.29 is 37.4 Å². The number of hydrogen-bond donors (Lipinski definition) is 2. The molecule has 0 unspecified atom stereocenters. The van der Waals surface area contributed by atoms with Crippen molar-refractivity contribution >= 4 is 46.6 Å². The molecule has 9 rings (SSSR count). The third-order valence-electron chi connectivity index (χ3n) is 14.4. The average Bonchev–Trinajstić information content (AvgIpc) is 3.94. The summed E-state index contributed by atoms with van der Waals surface area (Å²) in [4.78, 5) is 64.2. The topological polar surface area (TPSA) is 172 Å². The first-order valence-corrected chi connectivity index (χ1v) is 22.6. The Morgan fingerprint density at radius 3 is 2.45 bits per heavy atom. The number of carbonyl (C=O) groups is 4. The first kappa shape index (κ1) is 43.6. The zero-order chi connectivity index (χ0) is 44.5. The third-order valence-corrected chi connectivity index (χ3v) is 14.4. The van der Waals surface area contributed by atoms with Crippen LogP contribution in [0.4, 0.5) is 30.8 Å². The van der Waals surface area contributed by atoms with E-state index in [1.807, 2.05) is 11.0 Å². The standard InChI is InChI=1S/C45H57F2N11O6/c1-53(31-9-13-45(14-10-31)15-19-55(20-16-45)43(61)30-5-8-36(63-2)35(25-30)56-17-12-38(59)51-44(56)62)27-29-3-6-32(7-4-29)58-28-34(39(52-58)40(46)47)49-42(60)33-26-48-57-18-11-37(50-41(33)57)54-21-23-64-24-22-54/h5,8,11,18,25-26,28-29,31-32,40H,3-4,6-7,9-10,12-17,19-24,27H2,1-2H3,(H,49,60)(H,51,59,62). The highest BCUT2D eigenvalue weighted by atomic mass is 19.3. The zero-order valence-corrected chi connectivity index (χ0v) is 36.5. The lowest BCUT2D eigenvalue weighted by molar-refractivity contribution is -0.120. The maximum Gasteiger partial charge on any atom is 0.328 e. The fourth-order valence-corrected chi connectivity index (χ4v) is 10.5. The Balaban J connectivity index is 0.745. The molecule has 0 radical (unpaired) electrons. The molecule has 0 bridgehead atoms. The molecular weight excluding hydrogens is 829 g/mol. The summed E-state index contributed by atoms with van der Waals surface area (Å²) in [6.45, 7) is 5.09. The van der Waals surface area contributed by atoms with Crippen LogP contribution < -0.4 is 25.2 Å². The van der Waals surface area contributed by atoms with E-state index in [0.717, 1.165) is 70.8 Å². The number of urea groups is 1. The fourth-order valence-electron chi connectivity index (χ4n) is 10.5. The van der Waals surface area contributed by atoms with E-state index in [9.17, 15) is 28.0 Å². The van der Waals surface area contributed by atoms with Crippen LogP contribution in [0, 0.1) is 11.3 Å². The summed E-state index contributed by atoms with van der Waals surface area (Å²) >= 11 is 0. The maximum absolute atomic E-state index is 14.3. The van der Waals surface area contributed by atoms with Crippen molar-refractivity contribution in [1.82, 2.24) is 39.5 Å². The number of morpholine rings is 1. The van der Waals surface area contributed by atoms with Gasteiger partial charge in [0, 0.05) is 69.7 Å². The van der Waals surface area contributed by atoms with Crippen LogP contribution in [-0.2, 0) is 9.53 Å². The Morgan fingerprint density at radius 2 is 1.75 bits per heavy atom. The molecule has 19 heteroatoms. The Hall–Kier alpha value is -5.69. The van der Waals surface area contributed by atoms with E-state index in [1.165, 1.54) is 22.7 Å². The number of amides is 5. The molecule has 5 fully saturated rings. The molecule has 1 spiro atoms. The average molecular weight is 886 g/mol. The minimum Gasteiger partial charge on any atom is -0.495 e. The van der Waals surface area contributed by atoms with Crippen molar-refractivity contribution in [2.24, 2.45) is 11.3 Å². The summed E-state index contributed by atoms with van der Waals surface area (Å²) in [5.41, 5.74) is 1.26. The summed E-state index contributed by atoms with van der Waals surface area (Å²) in [5.74, 6) is 0.682. The number of ether oxygens (including phenoxy) is 2. The number of nitrogens with one attached hydrogen (secondary N) is 2. The normalized spacial score (nSPS) is 22.1. The number of fused-ring (bicyclic) bond motifs is 1. The smallest absolute Gasteiger partial charge is 0.328 e. The molecule has 342 valence electrons. The van der Waals surface area contributed by atoms with Gasteiger partial charge in [-0.05, 0) is 107 Å². The first-order valence-electron chi connectivity index (χ1n) is 22.6. The van der Waals surface area contributed by atoms with Gasteiger partial charge in [0.2, 0.25) is 5.91 Å². The molecule has 5 aliphatic rings. The molecule has 64 heavy (non-hydrogen) atoms. The number of nitrogens with zero attached hydrogens (tertiary/aromatic N) is 9. The number of aromatic nitrogens is 5. The van der Waals surface area contributed by atoms with Crippen molar-refractivity contribution in [3.8, 4) is 5.75 Å². The van der Waals surface area contributed by atoms with E-state index < -0.39 is 24.1 Å². The fraction of sp³-hybridized carbons (Fsp3) is 0.578. The summed E-state index contributed by atoms with van der Waals surface area (Å²) in [7, 11) is 3.74. The van der Waals surface area contributed by atoms with Crippen molar-refractivity contribution in [3.05, 3.63) is 59.7 Å². The Kier molecular flexibility index (Phi) is 12.5. The van der Waals surface area contributed by atoms with Crippen LogP contribution in [0.25, 0.3) is 5.65 Å². The number of piperidine rings is 1. The van der Waals surface area contributed by atoms with Gasteiger partial charge in [0.05, 0.1) is 43.9 Å². The molecule has 17 nitrogen and oxygen atoms in total. The second-order valence-corrected chi connectivity index (χ2v) is 18.2. The van der Waals surface area contributed by atoms with Crippen LogP contribution in [-0.4, -0.2) is 131 Å². The van der Waals surface area contributed by atoms with Gasteiger partial charge in [-0.15, -0.1) is 0 Å². The van der Waals surface area contributed by atoms with Gasteiger partial charge in [-0.3, -0.25) is 29.3 Å². The number of benzene rings is 1. The number of hydrogen-bond acceptors (Lipinski definition) is 11. The van der Waals surface area contributed by atoms with Crippen LogP contribution in [0.1, 0.15) is 110 Å². The maximum atomic E-state index is 14.3. The number of rotatable bonds is 11. The summed E-state index contributed by atoms with van der Waals surface area (Å²) in [6.07, 6.45) is 11.9. The van der Waals surface area contributed by atoms with Crippen LogP contribution in [0.5, 0.6) is 5.75 Å². The van der Waals surface area contributed by atoms with Gasteiger partial charge in [0.15, 0.2) is 11.3 Å². The van der Waals surface area contributed by atoms with E-state index in [0.29, 0.717) is 79.8 Å². The minimum absolute atomic E-state index is 0.00545. The first-order chi connectivity index (χ1) is 31.0. The van der Waals surface area contributed by atoms with Crippen molar-refractivity contribution in [3.63, 3.8) is 0 Å². The molecule has 0 atom stereocenters. The van der Waals surface area contributed by atoms with E-state index in [1.54, 1.807) is 35.3 Å². The lowest BCUT2D eigenvalue weighted by Gasteiger charge is -2.47. The molecule has 2 saturated carbocycles. The number of imide groups is 1. The predicted octanol–water partition coefficient (Wildman–Crippen LogP) is 5.94. The molecule has 3 aromatic heterocycles. The van der Waals surface area contributed by atoms with Gasteiger partial charge in [-0.2, -0.15) is 10.2 Å². The molecular formula is C45H57F2N11O6. The molecule has 3 saturated heterocycles. The van der Waals surface area contributed by atoms with Crippen LogP contribution >= 0.6 is 0 Å². The largest absolute Gasteiger partial charge is 0.495 e. The molecule has 4 aromatic rings. The Labute approximate surface area is 370 Å². The van der Waals surface area contributed by atoms with Crippen LogP contribution in [0.15, 0.2) is 42.9 Å². The number of methoxy groups -OCH3 is 1. The highest BCUT2D eigenvalue weighted by Crippen LogP contribution is 2.46. The number of anilines is 3. The third kappa shape index (κ3) is 9.01. The van der Waals surface area contributed by atoms with E-state index >= 15 is 0 Å². The predicted molar refractivity (Wildman–Crippen MR) is 233 cm³/mol. The zero-order valence-electron chi connectivity index (χ0n) is 36.5. The van der Waals surface area contributed by atoms with Gasteiger partial charge < -0.3 is 29.5 Å². The number of likely N-dealkylation sites (tertiary alicyclic amines) is 1. The van der Waals surface area contributed by atoms with E-state index in [4.69, 9.17) is 9.47 Å². The number of carbonyl (C=O) groups excluding carboxylic acids is 4. The monoisotopic (exact) mass is 885 g/mol. The minimum atomic E-state index is -2.86. The van der Waals surface area contributed by atoms with Crippen LogP contribution in [0.3, 0.4) is 0 Å². The summed E-state index contributed by atoms with van der Waals surface area (Å²) < 4.78 is 42.7. The highest BCUT2D eigenvalue weighted by molar-refractivity contribution is 6.09. The van der Waals surface area contributed by atoms with Crippen molar-refractivity contribution in [2.45, 2.75) is 89.1 Å². The summed E-state index contributed by atoms with van der Waals surface area (Å²) in [6, 6.07) is 6.89. The molecule has 1 aromatic carbocycles. The van der Waals surface area contributed by atoms with Crippen LogP contribution in [0.2, 0.25) is 0 Å². The second kappa shape index (κ2) is 18.4. The van der Waals surface area contributed by atoms with Gasteiger partial charge in [0.1, 0.15) is 17.1 Å². The SMILES string of the molecule is COc1ccc(C(=O)N2CCC3(CCC(N(C)CC4CCC(n5cc(NC(=O)c6cnn7ccc(N8CCOCC8)nc67)c(C(F)F)n5)CC4)CC3)CC2)cc1N1CCC(=O)NC1=O. The van der Waals surface area contributed by atoms with Gasteiger partial charge in [-0.25, -0.2) is 23.1 Å². The molecule has 2 N–H and O–H groups in total. The molecule has 2 aliphatic carbocycles. The van der Waals surface area contributed by atoms with E-state index in [-0.39, 0.29) is 47.5 Å². The van der Waals surface area contributed by atoms with Gasteiger partial charge >= 0.3 is 6.03 Å². The lowest BCUT2D eigenvalue weighted by Crippen LogP contribution is -2.49. The van der Waals surface area contributed by atoms with Gasteiger partial charge in [0.25, 0.3) is 18.2 Å². The molecule has 6 heterocycles. The number of alkyl halides is 2. The Morgan fingerprint density at radius 1 is 1.00 bits per heavy atom. The van der Waals surface area contributed by atoms with Crippen molar-refractivity contribution in [2.75, 3.05) is 81.8 Å². The highest BCUT2D eigenvalue weighted by Gasteiger charge is 2.41. The summed E-state index contributed by atoms with van der Waals surface area (Å²) in [5, 5.41) is 13.6. The quantitative estimate of drug-likeness (QED) is 0.183. The van der Waals surface area contributed by atoms with Gasteiger partial charge in [-0.1, -0.05) is 0 Å². The molecule has 5 amide bonds. The van der Waals surface area contributed by atoms with E-state index in [2.05, 4.69) is 42.7 Å². The lowest BCUT2D eigenvalue weighted by atomic mass is 9.66. The van der Waals surface area contributed by atoms with Crippen molar-refractivity contribution in [1.29, 1.82) is 0 Å². The Bertz CT molecular complexity index is 2360.